The van der Waals surface area contributed by atoms with Gasteiger partial charge in [0, 0.05) is 31.7 Å². The van der Waals surface area contributed by atoms with E-state index in [-0.39, 0.29) is 24.0 Å². The lowest BCUT2D eigenvalue weighted by Gasteiger charge is -2.38. The number of halogens is 1. The van der Waals surface area contributed by atoms with Gasteiger partial charge < -0.3 is 15.4 Å². The van der Waals surface area contributed by atoms with Crippen molar-refractivity contribution >= 4 is 41.3 Å². The van der Waals surface area contributed by atoms with Crippen LogP contribution in [0.25, 0.3) is 0 Å². The molecule has 23 heavy (non-hydrogen) atoms. The zero-order chi connectivity index (χ0) is 15.8. The Hall–Kier alpha value is -0.380. The van der Waals surface area contributed by atoms with Crippen molar-refractivity contribution in [1.29, 1.82) is 0 Å². The summed E-state index contributed by atoms with van der Waals surface area (Å²) in [5.41, 5.74) is 1.26. The van der Waals surface area contributed by atoms with E-state index in [1.807, 2.05) is 0 Å². The maximum absolute atomic E-state index is 5.51. The van der Waals surface area contributed by atoms with Gasteiger partial charge in [0.05, 0.1) is 19.8 Å². The molecule has 132 valence electrons. The molecule has 0 radical (unpaired) electrons. The van der Waals surface area contributed by atoms with Crippen molar-refractivity contribution in [3.05, 3.63) is 22.4 Å². The van der Waals surface area contributed by atoms with Gasteiger partial charge in [0.15, 0.2) is 5.96 Å². The third kappa shape index (κ3) is 6.94. The predicted octanol–water partition coefficient (Wildman–Crippen LogP) is 2.53. The van der Waals surface area contributed by atoms with Crippen LogP contribution < -0.4 is 10.6 Å². The summed E-state index contributed by atoms with van der Waals surface area (Å²) in [6.07, 6.45) is 0. The van der Waals surface area contributed by atoms with Crippen LogP contribution in [-0.2, 0) is 11.3 Å². The second-order valence-electron chi connectivity index (χ2n) is 5.72. The monoisotopic (exact) mass is 452 g/mol. The van der Waals surface area contributed by atoms with E-state index in [4.69, 9.17) is 4.74 Å². The van der Waals surface area contributed by atoms with Crippen LogP contribution in [0.5, 0.6) is 0 Å². The summed E-state index contributed by atoms with van der Waals surface area (Å²) in [7, 11) is 0. The van der Waals surface area contributed by atoms with Crippen LogP contribution in [-0.4, -0.2) is 55.8 Å². The van der Waals surface area contributed by atoms with E-state index in [2.05, 4.69) is 58.1 Å². The van der Waals surface area contributed by atoms with Crippen LogP contribution in [0.1, 0.15) is 26.3 Å². The highest BCUT2D eigenvalue weighted by molar-refractivity contribution is 14.0. The predicted molar refractivity (Wildman–Crippen MR) is 109 cm³/mol. The minimum atomic E-state index is 0. The summed E-state index contributed by atoms with van der Waals surface area (Å²) in [6.45, 7) is 11.7. The fourth-order valence-electron chi connectivity index (χ4n) is 2.65. The molecule has 2 heterocycles. The molecule has 2 N–H and O–H groups in total. The van der Waals surface area contributed by atoms with Crippen molar-refractivity contribution in [1.82, 2.24) is 15.5 Å². The van der Waals surface area contributed by atoms with E-state index in [1.165, 1.54) is 5.56 Å². The van der Waals surface area contributed by atoms with Gasteiger partial charge in [0.25, 0.3) is 0 Å². The maximum atomic E-state index is 5.51. The van der Waals surface area contributed by atoms with Crippen LogP contribution in [0.15, 0.2) is 21.8 Å². The molecule has 2 atom stereocenters. The van der Waals surface area contributed by atoms with E-state index in [1.54, 1.807) is 11.3 Å². The van der Waals surface area contributed by atoms with Gasteiger partial charge in [-0.1, -0.05) is 0 Å². The molecule has 5 nitrogen and oxygen atoms in total. The quantitative estimate of drug-likeness (QED) is 0.396. The molecule has 1 aromatic heterocycles. The van der Waals surface area contributed by atoms with Gasteiger partial charge in [-0.15, -0.1) is 24.0 Å². The van der Waals surface area contributed by atoms with Crippen molar-refractivity contribution in [2.75, 3.05) is 32.8 Å². The number of hydrogen-bond donors (Lipinski definition) is 2. The molecule has 1 fully saturated rings. The lowest BCUT2D eigenvalue weighted by Crippen LogP contribution is -2.53. The van der Waals surface area contributed by atoms with Crippen molar-refractivity contribution in [2.45, 2.75) is 39.4 Å². The Morgan fingerprint density at radius 1 is 1.52 bits per heavy atom. The normalized spacial score (nSPS) is 20.7. The van der Waals surface area contributed by atoms with E-state index in [0.717, 1.165) is 45.4 Å². The minimum absolute atomic E-state index is 0. The van der Waals surface area contributed by atoms with Crippen molar-refractivity contribution in [2.24, 2.45) is 4.99 Å². The number of aliphatic imine (C=N–C) groups is 1. The standard InChI is InChI=1S/C16H28N4OS.HI/c1-4-17-16(19-10-15-5-8-22-12-15)18-9-13(2)20-6-7-21-11-14(20)3;/h5,8,12-14H,4,6-7,9-11H2,1-3H3,(H2,17,18,19);1H. The molecule has 1 aliphatic heterocycles. The number of hydrogen-bond acceptors (Lipinski definition) is 4. The van der Waals surface area contributed by atoms with Gasteiger partial charge >= 0.3 is 0 Å². The Morgan fingerprint density at radius 3 is 3.00 bits per heavy atom. The molecule has 1 aliphatic rings. The molecule has 1 saturated heterocycles. The number of morpholine rings is 1. The zero-order valence-corrected chi connectivity index (χ0v) is 17.4. The Kier molecular flexibility index (Phi) is 10.1. The first-order valence-electron chi connectivity index (χ1n) is 8.07. The molecule has 0 amide bonds. The molecule has 0 bridgehead atoms. The number of guanidine groups is 1. The van der Waals surface area contributed by atoms with Crippen LogP contribution in [0.3, 0.4) is 0 Å². The van der Waals surface area contributed by atoms with E-state index in [9.17, 15) is 0 Å². The summed E-state index contributed by atoms with van der Waals surface area (Å²) >= 11 is 1.71. The lowest BCUT2D eigenvalue weighted by atomic mass is 10.2. The largest absolute Gasteiger partial charge is 0.379 e. The Labute approximate surface area is 160 Å². The van der Waals surface area contributed by atoms with E-state index < -0.39 is 0 Å². The fraction of sp³-hybridized carbons (Fsp3) is 0.688. The van der Waals surface area contributed by atoms with Gasteiger partial charge in [-0.3, -0.25) is 4.90 Å². The summed E-state index contributed by atoms with van der Waals surface area (Å²) in [6, 6.07) is 3.07. The first-order chi connectivity index (χ1) is 10.7. The molecule has 0 aliphatic carbocycles. The van der Waals surface area contributed by atoms with E-state index >= 15 is 0 Å². The number of thiophene rings is 1. The van der Waals surface area contributed by atoms with Gasteiger partial charge in [-0.2, -0.15) is 11.3 Å². The van der Waals surface area contributed by atoms with Crippen LogP contribution >= 0.6 is 35.3 Å². The lowest BCUT2D eigenvalue weighted by molar-refractivity contribution is -0.0174. The number of rotatable bonds is 6. The number of nitrogens with zero attached hydrogens (tertiary/aromatic N) is 2. The zero-order valence-electron chi connectivity index (χ0n) is 14.2. The Morgan fingerprint density at radius 2 is 2.35 bits per heavy atom. The molecule has 2 unspecified atom stereocenters. The van der Waals surface area contributed by atoms with E-state index in [0.29, 0.717) is 12.1 Å². The van der Waals surface area contributed by atoms with Gasteiger partial charge in [-0.25, -0.2) is 4.99 Å². The third-order valence-corrected chi connectivity index (χ3v) is 4.63. The summed E-state index contributed by atoms with van der Waals surface area (Å²) in [5.74, 6) is 0.890. The maximum Gasteiger partial charge on any atom is 0.191 e. The summed E-state index contributed by atoms with van der Waals surface area (Å²) in [5, 5.41) is 11.0. The number of ether oxygens (including phenoxy) is 1. The molecular formula is C16H29IN4OS. The molecule has 0 saturated carbocycles. The number of nitrogens with one attached hydrogen (secondary N) is 2. The van der Waals surface area contributed by atoms with Crippen LogP contribution in [0, 0.1) is 0 Å². The average Bonchev–Trinajstić information content (AvgIpc) is 3.03. The van der Waals surface area contributed by atoms with Crippen LogP contribution in [0.4, 0.5) is 0 Å². The van der Waals surface area contributed by atoms with Crippen molar-refractivity contribution in [3.8, 4) is 0 Å². The van der Waals surface area contributed by atoms with Gasteiger partial charge in [-0.05, 0) is 43.2 Å². The topological polar surface area (TPSA) is 48.9 Å². The Bertz CT molecular complexity index is 455. The third-order valence-electron chi connectivity index (χ3n) is 3.89. The molecular weight excluding hydrogens is 423 g/mol. The minimum Gasteiger partial charge on any atom is -0.379 e. The smallest absolute Gasteiger partial charge is 0.191 e. The molecule has 1 aromatic rings. The van der Waals surface area contributed by atoms with Crippen molar-refractivity contribution < 1.29 is 4.74 Å². The molecule has 2 rings (SSSR count). The SMILES string of the molecule is CCNC(=NCc1ccsc1)NCC(C)N1CCOCC1C.I. The average molecular weight is 452 g/mol. The van der Waals surface area contributed by atoms with Crippen LogP contribution in [0.2, 0.25) is 0 Å². The molecule has 7 heteroatoms. The van der Waals surface area contributed by atoms with Gasteiger partial charge in [0.1, 0.15) is 0 Å². The summed E-state index contributed by atoms with van der Waals surface area (Å²) in [4.78, 5) is 7.15. The fourth-order valence-corrected chi connectivity index (χ4v) is 3.31. The highest BCUT2D eigenvalue weighted by Gasteiger charge is 2.23. The highest BCUT2D eigenvalue weighted by Crippen LogP contribution is 2.10. The first-order valence-corrected chi connectivity index (χ1v) is 9.01. The second kappa shape index (κ2) is 11.2. The van der Waals surface area contributed by atoms with Gasteiger partial charge in [0.2, 0.25) is 0 Å². The first kappa shape index (κ1) is 20.7. The second-order valence-corrected chi connectivity index (χ2v) is 6.50. The van der Waals surface area contributed by atoms with Crippen molar-refractivity contribution in [3.63, 3.8) is 0 Å². The Balaban J connectivity index is 0.00000264. The molecule has 0 aromatic carbocycles. The highest BCUT2D eigenvalue weighted by atomic mass is 127. The summed E-state index contributed by atoms with van der Waals surface area (Å²) < 4.78 is 5.51. The molecule has 0 spiro atoms.